The van der Waals surface area contributed by atoms with Crippen molar-refractivity contribution in [2.24, 2.45) is 5.10 Å². The molecule has 0 atom stereocenters. The number of rotatable bonds is 7. The maximum absolute atomic E-state index is 13.0. The second kappa shape index (κ2) is 13.0. The van der Waals surface area contributed by atoms with Crippen LogP contribution in [0.5, 0.6) is 5.75 Å². The third-order valence-corrected chi connectivity index (χ3v) is 10.2. The summed E-state index contributed by atoms with van der Waals surface area (Å²) in [6, 6.07) is 24.1. The van der Waals surface area contributed by atoms with Gasteiger partial charge in [0.1, 0.15) is 15.5 Å². The maximum Gasteiger partial charge on any atom is 0.355 e. The van der Waals surface area contributed by atoms with Crippen molar-refractivity contribution in [3.05, 3.63) is 126 Å². The summed E-state index contributed by atoms with van der Waals surface area (Å²) in [5.74, 6) is -1.20. The number of ether oxygens (including phenoxy) is 1. The molecular weight excluding hydrogens is 673 g/mol. The van der Waals surface area contributed by atoms with Crippen LogP contribution in [0.1, 0.15) is 40.8 Å². The van der Waals surface area contributed by atoms with E-state index in [1.165, 1.54) is 28.9 Å². The number of aryl methyl sites for hydroxylation is 1. The first kappa shape index (κ1) is 30.8. The number of halogens is 3. The van der Waals surface area contributed by atoms with E-state index in [1.807, 2.05) is 25.1 Å². The molecule has 0 bridgehead atoms. The van der Waals surface area contributed by atoms with Crippen LogP contribution in [-0.4, -0.2) is 24.0 Å². The van der Waals surface area contributed by atoms with E-state index in [0.717, 1.165) is 20.3 Å². The average Bonchev–Trinajstić information content (AvgIpc) is 3.53. The van der Waals surface area contributed by atoms with Crippen LogP contribution < -0.4 is 15.5 Å². The standard InChI is InChI=1S/C33H20Cl3N3O4S2/c1-17-6-12-22-25(14-17)44-29(27(22)35)32(41)38-21-10-7-18(8-11-21)31(40)39-37-16-19-4-2-3-5-24(19)43-33(42)30-28(36)23-13-9-20(34)15-26(23)45-30/h2-16H,1H3,(H,38,41)(H,39,40)/b37-16-. The summed E-state index contributed by atoms with van der Waals surface area (Å²) in [5, 5.41) is 9.63. The third kappa shape index (κ3) is 6.58. The summed E-state index contributed by atoms with van der Waals surface area (Å²) in [4.78, 5) is 39.3. The van der Waals surface area contributed by atoms with Crippen LogP contribution in [0.3, 0.4) is 0 Å². The van der Waals surface area contributed by atoms with Gasteiger partial charge < -0.3 is 10.1 Å². The summed E-state index contributed by atoms with van der Waals surface area (Å²) in [5.41, 5.74) is 4.82. The zero-order valence-electron chi connectivity index (χ0n) is 23.2. The van der Waals surface area contributed by atoms with Gasteiger partial charge in [-0.25, -0.2) is 10.2 Å². The molecule has 2 amide bonds. The Labute approximate surface area is 280 Å². The Morgan fingerprint density at radius 2 is 1.44 bits per heavy atom. The SMILES string of the molecule is Cc1ccc2c(Cl)c(C(=O)Nc3ccc(C(=O)N/N=C\c4ccccc4OC(=O)c4sc5cc(Cl)ccc5c4Cl)cc3)sc2c1. The van der Waals surface area contributed by atoms with Crippen molar-refractivity contribution in [2.75, 3.05) is 5.32 Å². The molecule has 0 unspecified atom stereocenters. The minimum atomic E-state index is -0.626. The number of benzene rings is 4. The second-order valence-corrected chi connectivity index (χ2v) is 13.1. The van der Waals surface area contributed by atoms with Crippen LogP contribution in [0.15, 0.2) is 90.0 Å². The highest BCUT2D eigenvalue weighted by Gasteiger charge is 2.21. The number of fused-ring (bicyclic) bond motifs is 2. The highest BCUT2D eigenvalue weighted by Crippen LogP contribution is 2.38. The Kier molecular flexibility index (Phi) is 8.89. The van der Waals surface area contributed by atoms with Gasteiger partial charge in [-0.1, -0.05) is 65.1 Å². The molecule has 0 spiro atoms. The van der Waals surface area contributed by atoms with Crippen molar-refractivity contribution < 1.29 is 19.1 Å². The number of nitrogens with one attached hydrogen (secondary N) is 2. The Hall–Kier alpha value is -4.25. The summed E-state index contributed by atoms with van der Waals surface area (Å²) in [6.07, 6.45) is 1.37. The highest BCUT2D eigenvalue weighted by atomic mass is 35.5. The van der Waals surface area contributed by atoms with E-state index in [0.29, 0.717) is 42.1 Å². The number of thiophene rings is 2. The number of anilines is 1. The molecule has 4 aromatic carbocycles. The first-order chi connectivity index (χ1) is 21.7. The zero-order valence-corrected chi connectivity index (χ0v) is 27.1. The first-order valence-electron chi connectivity index (χ1n) is 13.3. The fourth-order valence-electron chi connectivity index (χ4n) is 4.43. The Bertz CT molecular complexity index is 2160. The van der Waals surface area contributed by atoms with Crippen LogP contribution in [0.25, 0.3) is 20.2 Å². The molecule has 0 radical (unpaired) electrons. The van der Waals surface area contributed by atoms with E-state index in [-0.39, 0.29) is 16.5 Å². The minimum absolute atomic E-state index is 0.237. The number of hydrogen-bond donors (Lipinski definition) is 2. The van der Waals surface area contributed by atoms with Crippen LogP contribution in [-0.2, 0) is 0 Å². The second-order valence-electron chi connectivity index (χ2n) is 9.79. The number of carbonyl (C=O) groups is 3. The number of carbonyl (C=O) groups excluding carboxylic acids is 3. The Morgan fingerprint density at radius 1 is 0.778 bits per heavy atom. The molecule has 0 saturated carbocycles. The van der Waals surface area contributed by atoms with Gasteiger partial charge in [-0.15, -0.1) is 22.7 Å². The summed E-state index contributed by atoms with van der Waals surface area (Å²) >= 11 is 21.5. The number of hydrazone groups is 1. The smallest absolute Gasteiger partial charge is 0.355 e. The van der Waals surface area contributed by atoms with Gasteiger partial charge in [0.15, 0.2) is 0 Å². The Morgan fingerprint density at radius 3 is 2.22 bits per heavy atom. The van der Waals surface area contributed by atoms with Gasteiger partial charge in [-0.05, 0) is 67.1 Å². The molecule has 0 aliphatic carbocycles. The van der Waals surface area contributed by atoms with E-state index < -0.39 is 11.9 Å². The van der Waals surface area contributed by atoms with Gasteiger partial charge >= 0.3 is 5.97 Å². The molecule has 7 nitrogen and oxygen atoms in total. The van der Waals surface area contributed by atoms with Crippen molar-refractivity contribution >= 4 is 107 Å². The van der Waals surface area contributed by atoms with Gasteiger partial charge in [0.05, 0.1) is 16.3 Å². The molecule has 0 saturated heterocycles. The lowest BCUT2D eigenvalue weighted by atomic mass is 10.2. The molecule has 12 heteroatoms. The van der Waals surface area contributed by atoms with Gasteiger partial charge in [0.2, 0.25) is 0 Å². The molecule has 45 heavy (non-hydrogen) atoms. The predicted molar refractivity (Wildman–Crippen MR) is 184 cm³/mol. The third-order valence-electron chi connectivity index (χ3n) is 6.66. The van der Waals surface area contributed by atoms with Gasteiger partial charge in [-0.2, -0.15) is 5.10 Å². The first-order valence-corrected chi connectivity index (χ1v) is 16.1. The molecule has 0 fully saturated rings. The van der Waals surface area contributed by atoms with Crippen molar-refractivity contribution in [1.29, 1.82) is 0 Å². The molecule has 0 aliphatic rings. The summed E-state index contributed by atoms with van der Waals surface area (Å²) in [7, 11) is 0. The van der Waals surface area contributed by atoms with Crippen molar-refractivity contribution in [1.82, 2.24) is 5.43 Å². The van der Waals surface area contributed by atoms with Crippen LogP contribution in [0.4, 0.5) is 5.69 Å². The predicted octanol–water partition coefficient (Wildman–Crippen LogP) is 9.62. The monoisotopic (exact) mass is 691 g/mol. The maximum atomic E-state index is 13.0. The lowest BCUT2D eigenvalue weighted by molar-refractivity contribution is 0.0739. The van der Waals surface area contributed by atoms with Crippen LogP contribution in [0, 0.1) is 6.92 Å². The van der Waals surface area contributed by atoms with Crippen molar-refractivity contribution in [3.63, 3.8) is 0 Å². The van der Waals surface area contributed by atoms with Crippen LogP contribution >= 0.6 is 57.5 Å². The molecule has 2 N–H and O–H groups in total. The average molecular weight is 693 g/mol. The molecule has 0 aliphatic heterocycles. The van der Waals surface area contributed by atoms with Gasteiger partial charge in [0, 0.05) is 42.0 Å². The molecule has 2 heterocycles. The molecule has 2 aromatic heterocycles. The fourth-order valence-corrected chi connectivity index (χ4v) is 7.60. The minimum Gasteiger partial charge on any atom is -0.422 e. The molecule has 6 rings (SSSR count). The van der Waals surface area contributed by atoms with E-state index in [1.54, 1.807) is 66.7 Å². The highest BCUT2D eigenvalue weighted by molar-refractivity contribution is 7.22. The van der Waals surface area contributed by atoms with E-state index in [4.69, 9.17) is 39.5 Å². The Balaban J connectivity index is 1.09. The van der Waals surface area contributed by atoms with E-state index >= 15 is 0 Å². The number of hydrogen-bond acceptors (Lipinski definition) is 7. The lowest BCUT2D eigenvalue weighted by Crippen LogP contribution is -2.18. The largest absolute Gasteiger partial charge is 0.422 e. The zero-order chi connectivity index (χ0) is 31.7. The van der Waals surface area contributed by atoms with Gasteiger partial charge in [0.25, 0.3) is 11.8 Å². The normalized spacial score (nSPS) is 11.3. The molecule has 6 aromatic rings. The van der Waals surface area contributed by atoms with Crippen LogP contribution in [0.2, 0.25) is 15.1 Å². The number of amides is 2. The summed E-state index contributed by atoms with van der Waals surface area (Å²) in [6.45, 7) is 1.98. The number of esters is 1. The van der Waals surface area contributed by atoms with Crippen molar-refractivity contribution in [2.45, 2.75) is 6.92 Å². The van der Waals surface area contributed by atoms with E-state index in [9.17, 15) is 14.4 Å². The molecular formula is C33H20Cl3N3O4S2. The quantitative estimate of drug-likeness (QED) is 0.0754. The summed E-state index contributed by atoms with van der Waals surface area (Å²) < 4.78 is 7.33. The van der Waals surface area contributed by atoms with Gasteiger partial charge in [-0.3, -0.25) is 9.59 Å². The molecule has 224 valence electrons. The number of nitrogens with zero attached hydrogens (tertiary/aromatic N) is 1. The number of para-hydroxylation sites is 1. The topological polar surface area (TPSA) is 96.9 Å². The van der Waals surface area contributed by atoms with E-state index in [2.05, 4.69) is 15.8 Å². The lowest BCUT2D eigenvalue weighted by Gasteiger charge is -2.07. The fraction of sp³-hybridized carbons (Fsp3) is 0.0303. The van der Waals surface area contributed by atoms with Crippen molar-refractivity contribution in [3.8, 4) is 5.75 Å².